The van der Waals surface area contributed by atoms with Crippen LogP contribution < -0.4 is 19.5 Å². The van der Waals surface area contributed by atoms with Crippen molar-refractivity contribution in [2.24, 2.45) is 0 Å². The number of carbonyl (C=O) groups excluding carboxylic acids is 2. The molecule has 8 heteroatoms. The molecule has 0 spiro atoms. The van der Waals surface area contributed by atoms with Gasteiger partial charge in [0, 0.05) is 35.3 Å². The highest BCUT2D eigenvalue weighted by Gasteiger charge is 2.27. The molecule has 0 saturated carbocycles. The second-order valence-electron chi connectivity index (χ2n) is 7.48. The molecule has 2 aromatic rings. The van der Waals surface area contributed by atoms with E-state index in [1.54, 1.807) is 39.3 Å². The second-order valence-corrected chi connectivity index (χ2v) is 8.39. The van der Waals surface area contributed by atoms with Crippen LogP contribution in [-0.2, 0) is 16.1 Å². The molecule has 0 saturated heterocycles. The molecule has 32 heavy (non-hydrogen) atoms. The number of halogens is 1. The van der Waals surface area contributed by atoms with Crippen LogP contribution in [0.1, 0.15) is 32.8 Å². The zero-order valence-electron chi connectivity index (χ0n) is 19.2. The summed E-state index contributed by atoms with van der Waals surface area (Å²) in [5.41, 5.74) is 0.910. The summed E-state index contributed by atoms with van der Waals surface area (Å²) in [6.45, 7) is 5.71. The third-order valence-corrected chi connectivity index (χ3v) is 5.65. The van der Waals surface area contributed by atoms with E-state index in [1.807, 2.05) is 38.1 Å². The lowest BCUT2D eigenvalue weighted by atomic mass is 10.1. The molecule has 0 fully saturated rings. The van der Waals surface area contributed by atoms with E-state index in [2.05, 4.69) is 21.2 Å². The van der Waals surface area contributed by atoms with Crippen LogP contribution in [0.15, 0.2) is 46.9 Å². The quantitative estimate of drug-likeness (QED) is 0.494. The van der Waals surface area contributed by atoms with Crippen molar-refractivity contribution >= 4 is 27.7 Å². The summed E-state index contributed by atoms with van der Waals surface area (Å²) in [4.78, 5) is 27.4. The van der Waals surface area contributed by atoms with Gasteiger partial charge in [-0.3, -0.25) is 9.59 Å². The number of methoxy groups -OCH3 is 2. The summed E-state index contributed by atoms with van der Waals surface area (Å²) >= 11 is 3.42. The zero-order chi connectivity index (χ0) is 23.7. The topological polar surface area (TPSA) is 77.1 Å². The van der Waals surface area contributed by atoms with Crippen molar-refractivity contribution < 1.29 is 23.8 Å². The largest absolute Gasteiger partial charge is 0.496 e. The summed E-state index contributed by atoms with van der Waals surface area (Å²) in [6, 6.07) is 12.1. The van der Waals surface area contributed by atoms with Crippen LogP contribution in [0.3, 0.4) is 0 Å². The first-order valence-corrected chi connectivity index (χ1v) is 11.3. The van der Waals surface area contributed by atoms with Gasteiger partial charge in [0.2, 0.25) is 5.91 Å². The van der Waals surface area contributed by atoms with Gasteiger partial charge in [-0.05, 0) is 38.0 Å². The lowest BCUT2D eigenvalue weighted by Crippen LogP contribution is -2.50. The van der Waals surface area contributed by atoms with E-state index < -0.39 is 6.04 Å². The highest BCUT2D eigenvalue weighted by Crippen LogP contribution is 2.27. The van der Waals surface area contributed by atoms with E-state index in [1.165, 1.54) is 4.90 Å². The third-order valence-electron chi connectivity index (χ3n) is 5.12. The van der Waals surface area contributed by atoms with Gasteiger partial charge in [0.25, 0.3) is 5.91 Å². The smallest absolute Gasteiger partial charge is 0.261 e. The summed E-state index contributed by atoms with van der Waals surface area (Å²) in [5.74, 6) is 1.05. The Kier molecular flexibility index (Phi) is 9.84. The number of rotatable bonds is 11. The lowest BCUT2D eigenvalue weighted by molar-refractivity contribution is -0.142. The fourth-order valence-electron chi connectivity index (χ4n) is 2.93. The number of nitrogens with zero attached hydrogens (tertiary/aromatic N) is 1. The number of carbonyl (C=O) groups is 2. The third kappa shape index (κ3) is 7.44. The Morgan fingerprint density at radius 2 is 1.56 bits per heavy atom. The maximum Gasteiger partial charge on any atom is 0.261 e. The summed E-state index contributed by atoms with van der Waals surface area (Å²) < 4.78 is 17.2. The zero-order valence-corrected chi connectivity index (χ0v) is 20.8. The van der Waals surface area contributed by atoms with Gasteiger partial charge in [-0.1, -0.05) is 35.0 Å². The van der Waals surface area contributed by atoms with Gasteiger partial charge < -0.3 is 24.4 Å². The fourth-order valence-corrected chi connectivity index (χ4v) is 3.19. The molecule has 0 radical (unpaired) electrons. The van der Waals surface area contributed by atoms with Crippen LogP contribution in [0.5, 0.6) is 17.2 Å². The molecule has 174 valence electrons. The van der Waals surface area contributed by atoms with Gasteiger partial charge in [-0.2, -0.15) is 0 Å². The Labute approximate surface area is 198 Å². The van der Waals surface area contributed by atoms with Crippen molar-refractivity contribution in [1.29, 1.82) is 0 Å². The molecule has 2 atom stereocenters. The van der Waals surface area contributed by atoms with Crippen LogP contribution in [0, 0.1) is 0 Å². The normalized spacial score (nSPS) is 12.4. The molecule has 0 aromatic heterocycles. The summed E-state index contributed by atoms with van der Waals surface area (Å²) in [6.07, 6.45) is 0.805. The Hall–Kier alpha value is -2.74. The molecule has 0 unspecified atom stereocenters. The molecule has 7 nitrogen and oxygen atoms in total. The number of nitrogens with one attached hydrogen (secondary N) is 1. The molecule has 0 aliphatic rings. The van der Waals surface area contributed by atoms with Crippen molar-refractivity contribution in [3.05, 3.63) is 52.5 Å². The van der Waals surface area contributed by atoms with Gasteiger partial charge in [0.15, 0.2) is 6.61 Å². The highest BCUT2D eigenvalue weighted by atomic mass is 79.9. The predicted octanol–water partition coefficient (Wildman–Crippen LogP) is 4.18. The molecule has 0 aliphatic carbocycles. The molecule has 1 N–H and O–H groups in total. The first kappa shape index (κ1) is 25.5. The van der Waals surface area contributed by atoms with Gasteiger partial charge >= 0.3 is 0 Å². The summed E-state index contributed by atoms with van der Waals surface area (Å²) in [5, 5.41) is 2.95. The number of ether oxygens (including phenoxy) is 3. The van der Waals surface area contributed by atoms with Crippen LogP contribution in [0.25, 0.3) is 0 Å². The van der Waals surface area contributed by atoms with Crippen LogP contribution in [-0.4, -0.2) is 49.6 Å². The minimum absolute atomic E-state index is 0.0232. The van der Waals surface area contributed by atoms with Gasteiger partial charge in [0.1, 0.15) is 23.3 Å². The standard InChI is InChI=1S/C24H31BrN2O5/c1-6-16(2)26-24(29)17(3)27(14-18-7-9-19(25)10-8-18)23(28)15-32-22-12-20(30-4)11-21(13-22)31-5/h7-13,16-17H,6,14-15H2,1-5H3,(H,26,29)/t16-,17+/m0/s1. The average molecular weight is 507 g/mol. The lowest BCUT2D eigenvalue weighted by Gasteiger charge is -2.29. The Morgan fingerprint density at radius 1 is 1.00 bits per heavy atom. The highest BCUT2D eigenvalue weighted by molar-refractivity contribution is 9.10. The number of hydrogen-bond donors (Lipinski definition) is 1. The van der Waals surface area contributed by atoms with E-state index in [-0.39, 0.29) is 31.0 Å². The van der Waals surface area contributed by atoms with Gasteiger partial charge in [0.05, 0.1) is 14.2 Å². The fraction of sp³-hybridized carbons (Fsp3) is 0.417. The van der Waals surface area contributed by atoms with Crippen LogP contribution in [0.4, 0.5) is 0 Å². The monoisotopic (exact) mass is 506 g/mol. The Morgan fingerprint density at radius 3 is 2.09 bits per heavy atom. The van der Waals surface area contributed by atoms with E-state index >= 15 is 0 Å². The van der Waals surface area contributed by atoms with Gasteiger partial charge in [-0.15, -0.1) is 0 Å². The molecular formula is C24H31BrN2O5. The second kappa shape index (κ2) is 12.3. The van der Waals surface area contributed by atoms with Crippen molar-refractivity contribution in [3.63, 3.8) is 0 Å². The van der Waals surface area contributed by atoms with Crippen molar-refractivity contribution in [2.75, 3.05) is 20.8 Å². The minimum atomic E-state index is -0.663. The van der Waals surface area contributed by atoms with Crippen LogP contribution >= 0.6 is 15.9 Å². The predicted molar refractivity (Wildman–Crippen MR) is 127 cm³/mol. The molecule has 0 aliphatic heterocycles. The molecule has 2 aromatic carbocycles. The number of amides is 2. The van der Waals surface area contributed by atoms with E-state index in [9.17, 15) is 9.59 Å². The summed E-state index contributed by atoms with van der Waals surface area (Å²) in [7, 11) is 3.09. The molecule has 2 amide bonds. The SMILES string of the molecule is CC[C@H](C)NC(=O)[C@@H](C)N(Cc1ccc(Br)cc1)C(=O)COc1cc(OC)cc(OC)c1. The minimum Gasteiger partial charge on any atom is -0.496 e. The maximum absolute atomic E-state index is 13.1. The van der Waals surface area contributed by atoms with E-state index in [0.29, 0.717) is 17.2 Å². The first-order chi connectivity index (χ1) is 15.3. The molecule has 0 bridgehead atoms. The van der Waals surface area contributed by atoms with E-state index in [4.69, 9.17) is 14.2 Å². The molecule has 0 heterocycles. The average Bonchev–Trinajstić information content (AvgIpc) is 2.81. The van der Waals surface area contributed by atoms with Crippen molar-refractivity contribution in [2.45, 2.75) is 45.8 Å². The molecular weight excluding hydrogens is 476 g/mol. The number of hydrogen-bond acceptors (Lipinski definition) is 5. The van der Waals surface area contributed by atoms with Crippen molar-refractivity contribution in [3.8, 4) is 17.2 Å². The van der Waals surface area contributed by atoms with Crippen LogP contribution in [0.2, 0.25) is 0 Å². The number of benzene rings is 2. The Balaban J connectivity index is 2.18. The van der Waals surface area contributed by atoms with Gasteiger partial charge in [-0.25, -0.2) is 0 Å². The maximum atomic E-state index is 13.1. The van der Waals surface area contributed by atoms with Crippen molar-refractivity contribution in [1.82, 2.24) is 10.2 Å². The first-order valence-electron chi connectivity index (χ1n) is 10.5. The van der Waals surface area contributed by atoms with E-state index in [0.717, 1.165) is 16.5 Å². The molecule has 2 rings (SSSR count). The Bertz CT molecular complexity index is 882.